The Labute approximate surface area is 161 Å². The number of hydrogen-bond acceptors (Lipinski definition) is 3. The smallest absolute Gasteiger partial charge is 0.234 e. The summed E-state index contributed by atoms with van der Waals surface area (Å²) in [6.45, 7) is 1.96. The summed E-state index contributed by atoms with van der Waals surface area (Å²) in [4.78, 5) is 24.6. The van der Waals surface area contributed by atoms with Gasteiger partial charge in [-0.05, 0) is 42.8 Å². The van der Waals surface area contributed by atoms with Crippen LogP contribution in [0, 0.1) is 0 Å². The summed E-state index contributed by atoms with van der Waals surface area (Å²) in [5.41, 5.74) is 1.33. The van der Waals surface area contributed by atoms with Crippen LogP contribution in [0.25, 0.3) is 0 Å². The van der Waals surface area contributed by atoms with Crippen LogP contribution in [0.3, 0.4) is 0 Å². The molecule has 0 heterocycles. The number of benzene rings is 2. The predicted molar refractivity (Wildman–Crippen MR) is 106 cm³/mol. The molecule has 0 unspecified atom stereocenters. The van der Waals surface area contributed by atoms with Gasteiger partial charge in [0.15, 0.2) is 0 Å². The Kier molecular flexibility index (Phi) is 7.62. The molecule has 0 aromatic heterocycles. The summed E-state index contributed by atoms with van der Waals surface area (Å²) in [5.74, 6) is 0.0814. The topological polar surface area (TPSA) is 58.2 Å². The molecule has 0 saturated heterocycles. The van der Waals surface area contributed by atoms with E-state index in [1.165, 1.54) is 11.8 Å². The lowest BCUT2D eigenvalue weighted by atomic mass is 10.3. The van der Waals surface area contributed by atoms with Crippen molar-refractivity contribution in [1.82, 2.24) is 0 Å². The van der Waals surface area contributed by atoms with Crippen molar-refractivity contribution in [2.75, 3.05) is 16.4 Å². The van der Waals surface area contributed by atoms with Gasteiger partial charge in [-0.25, -0.2) is 0 Å². The van der Waals surface area contributed by atoms with Gasteiger partial charge >= 0.3 is 0 Å². The summed E-state index contributed by atoms with van der Waals surface area (Å²) in [7, 11) is 0. The molecule has 0 aliphatic carbocycles. The molecule has 2 rings (SSSR count). The van der Waals surface area contributed by atoms with E-state index in [0.29, 0.717) is 22.2 Å². The molecule has 2 N–H and O–H groups in total. The Morgan fingerprint density at radius 1 is 0.960 bits per heavy atom. The van der Waals surface area contributed by atoms with Gasteiger partial charge in [-0.2, -0.15) is 0 Å². The number of halogens is 2. The maximum atomic E-state index is 12.1. The van der Waals surface area contributed by atoms with Crippen LogP contribution < -0.4 is 10.6 Å². The van der Waals surface area contributed by atoms with E-state index in [0.717, 1.165) is 17.0 Å². The van der Waals surface area contributed by atoms with E-state index >= 15 is 0 Å². The van der Waals surface area contributed by atoms with Crippen molar-refractivity contribution >= 4 is 58.2 Å². The quantitative estimate of drug-likeness (QED) is 0.610. The van der Waals surface area contributed by atoms with E-state index in [1.54, 1.807) is 18.2 Å². The molecule has 0 radical (unpaired) electrons. The number of anilines is 2. The lowest BCUT2D eigenvalue weighted by molar-refractivity contribution is -0.116. The fourth-order valence-electron chi connectivity index (χ4n) is 2.03. The van der Waals surface area contributed by atoms with Crippen LogP contribution in [-0.4, -0.2) is 17.6 Å². The van der Waals surface area contributed by atoms with Gasteiger partial charge in [-0.1, -0.05) is 36.2 Å². The van der Waals surface area contributed by atoms with E-state index in [1.807, 2.05) is 31.2 Å². The minimum Gasteiger partial charge on any atom is -0.326 e. The maximum absolute atomic E-state index is 12.1. The van der Waals surface area contributed by atoms with Gasteiger partial charge in [0.2, 0.25) is 11.8 Å². The number of amides is 2. The molecule has 0 aliphatic rings. The van der Waals surface area contributed by atoms with Gasteiger partial charge in [0.1, 0.15) is 0 Å². The molecule has 132 valence electrons. The van der Waals surface area contributed by atoms with Crippen LogP contribution in [0.2, 0.25) is 10.0 Å². The van der Waals surface area contributed by atoms with Crippen LogP contribution in [0.1, 0.15) is 19.8 Å². The van der Waals surface area contributed by atoms with Gasteiger partial charge in [-0.3, -0.25) is 9.59 Å². The average molecular weight is 397 g/mol. The largest absolute Gasteiger partial charge is 0.326 e. The number of thioether (sulfide) groups is 1. The standard InChI is InChI=1S/C18H18Cl2N2O2S/c1-2-4-17(23)21-12-5-3-6-14(9-12)25-11-18(24)22-13-7-8-15(19)16(20)10-13/h3,5-10H,2,4,11H2,1H3,(H,21,23)(H,22,24). The van der Waals surface area contributed by atoms with Gasteiger partial charge in [0.05, 0.1) is 15.8 Å². The van der Waals surface area contributed by atoms with E-state index < -0.39 is 0 Å². The zero-order chi connectivity index (χ0) is 18.2. The van der Waals surface area contributed by atoms with Crippen molar-refractivity contribution in [2.45, 2.75) is 24.7 Å². The lowest BCUT2D eigenvalue weighted by Gasteiger charge is -2.08. The molecule has 0 bridgehead atoms. The van der Waals surface area contributed by atoms with Crippen molar-refractivity contribution in [1.29, 1.82) is 0 Å². The molecule has 0 aliphatic heterocycles. The van der Waals surface area contributed by atoms with Crippen molar-refractivity contribution in [2.24, 2.45) is 0 Å². The highest BCUT2D eigenvalue weighted by Gasteiger charge is 2.07. The molecule has 4 nitrogen and oxygen atoms in total. The normalized spacial score (nSPS) is 10.4. The highest BCUT2D eigenvalue weighted by atomic mass is 35.5. The number of nitrogens with one attached hydrogen (secondary N) is 2. The fraction of sp³-hybridized carbons (Fsp3) is 0.222. The van der Waals surface area contributed by atoms with Crippen molar-refractivity contribution < 1.29 is 9.59 Å². The Balaban J connectivity index is 1.88. The third kappa shape index (κ3) is 6.61. The highest BCUT2D eigenvalue weighted by Crippen LogP contribution is 2.26. The molecule has 7 heteroatoms. The number of carbonyl (C=O) groups is 2. The van der Waals surface area contributed by atoms with Crippen molar-refractivity contribution in [3.05, 3.63) is 52.5 Å². The van der Waals surface area contributed by atoms with Gasteiger partial charge < -0.3 is 10.6 Å². The highest BCUT2D eigenvalue weighted by molar-refractivity contribution is 8.00. The first-order chi connectivity index (χ1) is 12.0. The molecule has 2 amide bonds. The maximum Gasteiger partial charge on any atom is 0.234 e. The molecule has 25 heavy (non-hydrogen) atoms. The predicted octanol–water partition coefficient (Wildman–Crippen LogP) is 5.46. The zero-order valence-corrected chi connectivity index (χ0v) is 16.0. The van der Waals surface area contributed by atoms with E-state index in [4.69, 9.17) is 23.2 Å². The van der Waals surface area contributed by atoms with Crippen LogP contribution >= 0.6 is 35.0 Å². The van der Waals surface area contributed by atoms with Crippen LogP contribution in [0.4, 0.5) is 11.4 Å². The minimum atomic E-state index is -0.149. The van der Waals surface area contributed by atoms with E-state index in [2.05, 4.69) is 10.6 Å². The molecule has 2 aromatic carbocycles. The summed E-state index contributed by atoms with van der Waals surface area (Å²) in [6, 6.07) is 12.4. The second-order valence-corrected chi connectivity index (χ2v) is 7.15. The molecular formula is C18H18Cl2N2O2S. The van der Waals surface area contributed by atoms with Crippen LogP contribution in [0.15, 0.2) is 47.4 Å². The van der Waals surface area contributed by atoms with Crippen molar-refractivity contribution in [3.8, 4) is 0 Å². The van der Waals surface area contributed by atoms with Crippen LogP contribution in [-0.2, 0) is 9.59 Å². The molecule has 0 atom stereocenters. The first-order valence-electron chi connectivity index (χ1n) is 7.75. The Bertz CT molecular complexity index is 768. The van der Waals surface area contributed by atoms with E-state index in [9.17, 15) is 9.59 Å². The van der Waals surface area contributed by atoms with E-state index in [-0.39, 0.29) is 17.6 Å². The molecule has 0 saturated carbocycles. The first-order valence-corrected chi connectivity index (χ1v) is 9.49. The minimum absolute atomic E-state index is 0.0120. The second-order valence-electron chi connectivity index (χ2n) is 5.29. The summed E-state index contributed by atoms with van der Waals surface area (Å²) in [6.07, 6.45) is 1.29. The van der Waals surface area contributed by atoms with Crippen molar-refractivity contribution in [3.63, 3.8) is 0 Å². The number of carbonyl (C=O) groups excluding carboxylic acids is 2. The third-order valence-corrected chi connectivity index (χ3v) is 4.90. The number of hydrogen-bond donors (Lipinski definition) is 2. The number of rotatable bonds is 7. The SMILES string of the molecule is CCCC(=O)Nc1cccc(SCC(=O)Nc2ccc(Cl)c(Cl)c2)c1. The van der Waals surface area contributed by atoms with Gasteiger partial charge in [-0.15, -0.1) is 11.8 Å². The third-order valence-electron chi connectivity index (χ3n) is 3.17. The molecule has 0 spiro atoms. The summed E-state index contributed by atoms with van der Waals surface area (Å²) < 4.78 is 0. The molecule has 2 aromatic rings. The Morgan fingerprint density at radius 2 is 1.68 bits per heavy atom. The first kappa shape index (κ1) is 19.6. The summed E-state index contributed by atoms with van der Waals surface area (Å²) in [5, 5.41) is 6.45. The Morgan fingerprint density at radius 3 is 2.40 bits per heavy atom. The molecular weight excluding hydrogens is 379 g/mol. The monoisotopic (exact) mass is 396 g/mol. The van der Waals surface area contributed by atoms with Crippen LogP contribution in [0.5, 0.6) is 0 Å². The van der Waals surface area contributed by atoms with Gasteiger partial charge in [0.25, 0.3) is 0 Å². The molecule has 0 fully saturated rings. The Hall–Kier alpha value is -1.69. The fourth-order valence-corrected chi connectivity index (χ4v) is 3.09. The average Bonchev–Trinajstić information content (AvgIpc) is 2.57. The second kappa shape index (κ2) is 9.70. The van der Waals surface area contributed by atoms with Gasteiger partial charge in [0, 0.05) is 22.7 Å². The lowest BCUT2D eigenvalue weighted by Crippen LogP contribution is -2.14. The summed E-state index contributed by atoms with van der Waals surface area (Å²) >= 11 is 13.2. The zero-order valence-electron chi connectivity index (χ0n) is 13.6.